The zero-order valence-corrected chi connectivity index (χ0v) is 16.5. The highest BCUT2D eigenvalue weighted by Crippen LogP contribution is 2.32. The van der Waals surface area contributed by atoms with Crippen molar-refractivity contribution >= 4 is 33.0 Å². The van der Waals surface area contributed by atoms with E-state index in [4.69, 9.17) is 21.1 Å². The molecule has 150 valence electrons. The molecule has 0 radical (unpaired) electrons. The zero-order chi connectivity index (χ0) is 20.3. The summed E-state index contributed by atoms with van der Waals surface area (Å²) in [6, 6.07) is 2.18. The molecule has 0 aliphatic heterocycles. The normalized spacial score (nSPS) is 11.6. The number of pyridine rings is 1. The second-order valence-corrected chi connectivity index (χ2v) is 7.32. The lowest BCUT2D eigenvalue weighted by Gasteiger charge is -2.12. The van der Waals surface area contributed by atoms with Gasteiger partial charge in [0, 0.05) is 18.3 Å². The Morgan fingerprint density at radius 3 is 2.79 bits per heavy atom. The van der Waals surface area contributed by atoms with Gasteiger partial charge in [0.25, 0.3) is 15.2 Å². The predicted molar refractivity (Wildman–Crippen MR) is 97.8 cm³/mol. The third-order valence-electron chi connectivity index (χ3n) is 3.32. The second kappa shape index (κ2) is 8.10. The van der Waals surface area contributed by atoms with E-state index in [1.165, 1.54) is 12.3 Å². The summed E-state index contributed by atoms with van der Waals surface area (Å²) >= 11 is 6.02. The predicted octanol–water partition coefficient (Wildman–Crippen LogP) is 2.30. The van der Waals surface area contributed by atoms with E-state index in [-0.39, 0.29) is 34.9 Å². The number of anilines is 1. The molecule has 0 aliphatic rings. The highest BCUT2D eigenvalue weighted by atomic mass is 35.5. The van der Waals surface area contributed by atoms with Crippen molar-refractivity contribution in [1.29, 1.82) is 0 Å². The van der Waals surface area contributed by atoms with Crippen molar-refractivity contribution in [2.45, 2.75) is 25.4 Å². The number of ether oxygens (including phenoxy) is 2. The third kappa shape index (κ3) is 4.07. The van der Waals surface area contributed by atoms with Crippen LogP contribution in [-0.2, 0) is 10.0 Å². The number of halogens is 2. The van der Waals surface area contributed by atoms with E-state index in [1.807, 2.05) is 6.92 Å². The number of sulfonamides is 1. The van der Waals surface area contributed by atoms with E-state index in [0.29, 0.717) is 13.0 Å². The summed E-state index contributed by atoms with van der Waals surface area (Å²) in [4.78, 5) is 11.2. The molecule has 3 aromatic heterocycles. The van der Waals surface area contributed by atoms with E-state index in [2.05, 4.69) is 24.8 Å². The van der Waals surface area contributed by atoms with Gasteiger partial charge in [-0.15, -0.1) is 5.10 Å². The Morgan fingerprint density at radius 2 is 2.07 bits per heavy atom. The molecule has 1 N–H and O–H groups in total. The first kappa shape index (κ1) is 20.0. The van der Waals surface area contributed by atoms with Gasteiger partial charge in [-0.1, -0.05) is 18.5 Å². The van der Waals surface area contributed by atoms with Gasteiger partial charge in [0.05, 0.1) is 13.2 Å². The lowest BCUT2D eigenvalue weighted by Crippen LogP contribution is -2.16. The summed E-state index contributed by atoms with van der Waals surface area (Å²) in [6.07, 6.45) is 2.09. The lowest BCUT2D eigenvalue weighted by molar-refractivity contribution is 0.296. The van der Waals surface area contributed by atoms with Crippen molar-refractivity contribution < 1.29 is 22.3 Å². The second-order valence-electron chi connectivity index (χ2n) is 5.39. The van der Waals surface area contributed by atoms with Crippen molar-refractivity contribution in [1.82, 2.24) is 24.6 Å². The minimum Gasteiger partial charge on any atom is -0.491 e. The number of fused-ring (bicyclic) bond motifs is 1. The van der Waals surface area contributed by atoms with E-state index >= 15 is 0 Å². The van der Waals surface area contributed by atoms with Crippen molar-refractivity contribution in [2.75, 3.05) is 17.9 Å². The van der Waals surface area contributed by atoms with Crippen LogP contribution in [0.3, 0.4) is 0 Å². The summed E-state index contributed by atoms with van der Waals surface area (Å²) in [5.74, 6) is -0.678. The van der Waals surface area contributed by atoms with Crippen LogP contribution in [0.5, 0.6) is 11.8 Å². The van der Waals surface area contributed by atoms with Crippen LogP contribution in [-0.4, -0.2) is 46.2 Å². The number of rotatable bonds is 8. The number of hydrogen-bond acceptors (Lipinski definition) is 8. The minimum atomic E-state index is -4.29. The summed E-state index contributed by atoms with van der Waals surface area (Å²) in [7, 11) is -4.29. The molecule has 0 amide bonds. The van der Waals surface area contributed by atoms with Crippen LogP contribution in [0.25, 0.3) is 5.65 Å². The van der Waals surface area contributed by atoms with Crippen molar-refractivity contribution in [2.24, 2.45) is 0 Å². The summed E-state index contributed by atoms with van der Waals surface area (Å²) in [5.41, 5.74) is -0.137. The van der Waals surface area contributed by atoms with Gasteiger partial charge < -0.3 is 9.47 Å². The Balaban J connectivity index is 2.02. The fourth-order valence-corrected chi connectivity index (χ4v) is 3.39. The smallest absolute Gasteiger partial charge is 0.322 e. The summed E-state index contributed by atoms with van der Waals surface area (Å²) < 4.78 is 53.1. The van der Waals surface area contributed by atoms with Crippen molar-refractivity contribution in [3.63, 3.8) is 0 Å². The standard InChI is InChI=1S/C15H16ClFN6O4S/c1-3-7-27-9-5-6-18-13(16)12(9)22-28(24,25)14-20-11-8-10(17)19-15(26-4-2)23(11)21-14/h5-6,8,22H,3-4,7H2,1-2H3. The molecule has 0 bridgehead atoms. The fourth-order valence-electron chi connectivity index (χ4n) is 2.18. The third-order valence-corrected chi connectivity index (χ3v) is 4.74. The van der Waals surface area contributed by atoms with E-state index in [1.54, 1.807) is 6.92 Å². The molecule has 0 fully saturated rings. The van der Waals surface area contributed by atoms with Gasteiger partial charge in [0.1, 0.15) is 11.4 Å². The highest BCUT2D eigenvalue weighted by Gasteiger charge is 2.25. The van der Waals surface area contributed by atoms with Crippen LogP contribution >= 0.6 is 11.6 Å². The summed E-state index contributed by atoms with van der Waals surface area (Å²) in [6.45, 7) is 4.09. The molecule has 13 heteroatoms. The molecule has 3 aromatic rings. The van der Waals surface area contributed by atoms with Gasteiger partial charge in [0.2, 0.25) is 5.95 Å². The molecule has 28 heavy (non-hydrogen) atoms. The maximum atomic E-state index is 13.6. The van der Waals surface area contributed by atoms with E-state index in [9.17, 15) is 12.8 Å². The Bertz CT molecular complexity index is 1110. The molecule has 0 saturated carbocycles. The maximum Gasteiger partial charge on any atom is 0.322 e. The lowest BCUT2D eigenvalue weighted by atomic mass is 10.4. The van der Waals surface area contributed by atoms with Crippen LogP contribution in [0.4, 0.5) is 10.1 Å². The van der Waals surface area contributed by atoms with Crippen LogP contribution in [0, 0.1) is 5.95 Å². The van der Waals surface area contributed by atoms with Gasteiger partial charge in [-0.3, -0.25) is 4.72 Å². The molecule has 0 unspecified atom stereocenters. The average Bonchev–Trinajstić information content (AvgIpc) is 3.07. The molecule has 0 spiro atoms. The molecule has 3 heterocycles. The SMILES string of the molecule is CCCOc1ccnc(Cl)c1NS(=O)(=O)c1nc2cc(F)nc(OCC)n2n1. The number of aromatic nitrogens is 5. The van der Waals surface area contributed by atoms with Crippen LogP contribution in [0.1, 0.15) is 20.3 Å². The van der Waals surface area contributed by atoms with Gasteiger partial charge >= 0.3 is 6.01 Å². The molecule has 0 aromatic carbocycles. The molecular formula is C15H16ClFN6O4S. The largest absolute Gasteiger partial charge is 0.491 e. The Kier molecular flexibility index (Phi) is 5.79. The fraction of sp³-hybridized carbons (Fsp3) is 0.333. The zero-order valence-electron chi connectivity index (χ0n) is 14.9. The maximum absolute atomic E-state index is 13.6. The van der Waals surface area contributed by atoms with Crippen LogP contribution in [0.2, 0.25) is 5.15 Å². The molecule has 0 atom stereocenters. The number of nitrogens with zero attached hydrogens (tertiary/aromatic N) is 5. The average molecular weight is 431 g/mol. The van der Waals surface area contributed by atoms with Gasteiger partial charge in [-0.2, -0.15) is 27.3 Å². The monoisotopic (exact) mass is 430 g/mol. The molecule has 0 saturated heterocycles. The molecule has 0 aliphatic carbocycles. The first-order chi connectivity index (χ1) is 13.4. The summed E-state index contributed by atoms with van der Waals surface area (Å²) in [5, 5.41) is 3.13. The van der Waals surface area contributed by atoms with Gasteiger partial charge in [-0.25, -0.2) is 4.98 Å². The van der Waals surface area contributed by atoms with Gasteiger partial charge in [0.15, 0.2) is 10.8 Å². The van der Waals surface area contributed by atoms with Crippen molar-refractivity contribution in [3.05, 3.63) is 29.4 Å². The highest BCUT2D eigenvalue weighted by molar-refractivity contribution is 7.92. The van der Waals surface area contributed by atoms with Crippen molar-refractivity contribution in [3.8, 4) is 11.8 Å². The van der Waals surface area contributed by atoms with E-state index in [0.717, 1.165) is 10.6 Å². The van der Waals surface area contributed by atoms with Crippen LogP contribution in [0.15, 0.2) is 23.5 Å². The van der Waals surface area contributed by atoms with Gasteiger partial charge in [-0.05, 0) is 13.3 Å². The van der Waals surface area contributed by atoms with Crippen LogP contribution < -0.4 is 14.2 Å². The number of hydrogen-bond donors (Lipinski definition) is 1. The minimum absolute atomic E-state index is 0.0502. The molecule has 3 rings (SSSR count). The van der Waals surface area contributed by atoms with E-state index < -0.39 is 21.1 Å². The molecular weight excluding hydrogens is 415 g/mol. The molecule has 10 nitrogen and oxygen atoms in total. The first-order valence-corrected chi connectivity index (χ1v) is 10.1. The quantitative estimate of drug-likeness (QED) is 0.427. The Morgan fingerprint density at radius 1 is 1.29 bits per heavy atom. The Hall–Kier alpha value is -2.73. The topological polar surface area (TPSA) is 121 Å². The number of nitrogens with one attached hydrogen (secondary N) is 1. The Labute approximate surface area is 164 Å². The first-order valence-electron chi connectivity index (χ1n) is 8.22.